The van der Waals surface area contributed by atoms with Gasteiger partial charge in [-0.1, -0.05) is 18.2 Å². The number of benzene rings is 1. The van der Waals surface area contributed by atoms with Crippen molar-refractivity contribution in [1.29, 1.82) is 0 Å². The van der Waals surface area contributed by atoms with Gasteiger partial charge in [0, 0.05) is 17.6 Å². The quantitative estimate of drug-likeness (QED) is 0.600. The molecule has 86 valence electrons. The Hall–Kier alpha value is -1.43. The first kappa shape index (κ1) is 11.1. The summed E-state index contributed by atoms with van der Waals surface area (Å²) in [5.41, 5.74) is 1.31. The molecule has 5 nitrogen and oxygen atoms in total. The Morgan fingerprint density at radius 1 is 1.31 bits per heavy atom. The van der Waals surface area contributed by atoms with Crippen molar-refractivity contribution in [1.82, 2.24) is 10.2 Å². The van der Waals surface area contributed by atoms with Crippen LogP contribution < -0.4 is 0 Å². The Bertz CT molecular complexity index is 469. The highest BCUT2D eigenvalue weighted by atomic mass is 16.3. The van der Waals surface area contributed by atoms with E-state index in [4.69, 9.17) is 5.11 Å². The van der Waals surface area contributed by atoms with Crippen LogP contribution in [0.4, 0.5) is 0 Å². The van der Waals surface area contributed by atoms with Gasteiger partial charge in [-0.3, -0.25) is 5.10 Å². The minimum atomic E-state index is -1.02. The predicted molar refractivity (Wildman–Crippen MR) is 58.8 cm³/mol. The number of rotatable bonds is 4. The number of para-hydroxylation sites is 1. The fraction of sp³-hybridized carbons (Fsp3) is 0.364. The summed E-state index contributed by atoms with van der Waals surface area (Å²) in [4.78, 5) is 0. The van der Waals surface area contributed by atoms with E-state index in [1.165, 1.54) is 0 Å². The summed E-state index contributed by atoms with van der Waals surface area (Å²) in [5, 5.41) is 35.8. The second-order valence-electron chi connectivity index (χ2n) is 3.71. The van der Waals surface area contributed by atoms with E-state index < -0.39 is 12.2 Å². The lowest BCUT2D eigenvalue weighted by molar-refractivity contribution is 0.00490. The molecule has 0 radical (unpaired) electrons. The Balaban J connectivity index is 2.35. The smallest absolute Gasteiger partial charge is 0.107 e. The molecule has 2 rings (SSSR count). The van der Waals surface area contributed by atoms with Crippen LogP contribution in [0.3, 0.4) is 0 Å². The molecular weight excluding hydrogens is 208 g/mol. The number of aromatic nitrogens is 2. The van der Waals surface area contributed by atoms with Gasteiger partial charge < -0.3 is 15.3 Å². The molecule has 4 N–H and O–H groups in total. The first-order valence-corrected chi connectivity index (χ1v) is 5.13. The number of aliphatic hydroxyl groups excluding tert-OH is 3. The zero-order valence-electron chi connectivity index (χ0n) is 8.67. The van der Waals surface area contributed by atoms with Gasteiger partial charge in [0.05, 0.1) is 17.8 Å². The fourth-order valence-electron chi connectivity index (χ4n) is 1.74. The SMILES string of the molecule is OCCC(O)C(O)c1cccc2cn[nH]c12. The summed E-state index contributed by atoms with van der Waals surface area (Å²) in [6.45, 7) is -0.156. The summed E-state index contributed by atoms with van der Waals surface area (Å²) >= 11 is 0. The van der Waals surface area contributed by atoms with E-state index in [9.17, 15) is 10.2 Å². The Morgan fingerprint density at radius 2 is 2.12 bits per heavy atom. The molecule has 2 atom stereocenters. The van der Waals surface area contributed by atoms with Crippen LogP contribution in [0.5, 0.6) is 0 Å². The molecule has 0 aliphatic rings. The van der Waals surface area contributed by atoms with Crippen molar-refractivity contribution in [3.8, 4) is 0 Å². The van der Waals surface area contributed by atoms with Gasteiger partial charge in [-0.2, -0.15) is 5.10 Å². The molecular formula is C11H14N2O3. The van der Waals surface area contributed by atoms with Crippen LogP contribution >= 0.6 is 0 Å². The van der Waals surface area contributed by atoms with Crippen LogP contribution in [-0.4, -0.2) is 38.2 Å². The molecule has 1 heterocycles. The maximum Gasteiger partial charge on any atom is 0.107 e. The summed E-state index contributed by atoms with van der Waals surface area (Å²) < 4.78 is 0. The van der Waals surface area contributed by atoms with Gasteiger partial charge in [0.1, 0.15) is 6.10 Å². The largest absolute Gasteiger partial charge is 0.396 e. The van der Waals surface area contributed by atoms with Crippen molar-refractivity contribution < 1.29 is 15.3 Å². The molecule has 1 aromatic carbocycles. The van der Waals surface area contributed by atoms with E-state index in [0.717, 1.165) is 5.39 Å². The highest BCUT2D eigenvalue weighted by Gasteiger charge is 2.20. The third-order valence-corrected chi connectivity index (χ3v) is 2.62. The number of hydrogen-bond acceptors (Lipinski definition) is 4. The Morgan fingerprint density at radius 3 is 2.88 bits per heavy atom. The van der Waals surface area contributed by atoms with Gasteiger partial charge in [0.15, 0.2) is 0 Å². The van der Waals surface area contributed by atoms with Gasteiger partial charge in [-0.25, -0.2) is 0 Å². The van der Waals surface area contributed by atoms with Gasteiger partial charge in [-0.05, 0) is 6.42 Å². The molecule has 1 aromatic heterocycles. The first-order chi connectivity index (χ1) is 7.74. The van der Waals surface area contributed by atoms with E-state index in [-0.39, 0.29) is 13.0 Å². The number of aliphatic hydroxyl groups is 3. The number of H-pyrrole nitrogens is 1. The zero-order valence-corrected chi connectivity index (χ0v) is 8.67. The van der Waals surface area contributed by atoms with Crippen LogP contribution in [0, 0.1) is 0 Å². The van der Waals surface area contributed by atoms with Crippen molar-refractivity contribution in [3.63, 3.8) is 0 Å². The molecule has 0 spiro atoms. The predicted octanol–water partition coefficient (Wildman–Crippen LogP) is 0.340. The van der Waals surface area contributed by atoms with Crippen LogP contribution in [-0.2, 0) is 0 Å². The van der Waals surface area contributed by atoms with Gasteiger partial charge in [-0.15, -0.1) is 0 Å². The van der Waals surface area contributed by atoms with Gasteiger partial charge >= 0.3 is 0 Å². The highest BCUT2D eigenvalue weighted by Crippen LogP contribution is 2.25. The monoisotopic (exact) mass is 222 g/mol. The molecule has 0 aliphatic carbocycles. The summed E-state index contributed by atoms with van der Waals surface area (Å²) in [6.07, 6.45) is -0.189. The standard InChI is InChI=1S/C11H14N2O3/c14-5-4-9(15)11(16)8-3-1-2-7-6-12-13-10(7)8/h1-3,6,9,11,14-16H,4-5H2,(H,12,13). The molecule has 16 heavy (non-hydrogen) atoms. The number of nitrogens with zero attached hydrogens (tertiary/aromatic N) is 1. The maximum atomic E-state index is 9.93. The van der Waals surface area contributed by atoms with Crippen molar-refractivity contribution >= 4 is 10.9 Å². The highest BCUT2D eigenvalue weighted by molar-refractivity contribution is 5.81. The van der Waals surface area contributed by atoms with Gasteiger partial charge in [0.2, 0.25) is 0 Å². The lowest BCUT2D eigenvalue weighted by Crippen LogP contribution is -2.19. The molecule has 5 heteroatoms. The number of nitrogens with one attached hydrogen (secondary N) is 1. The molecule has 2 aromatic rings. The molecule has 0 saturated carbocycles. The van der Waals surface area contributed by atoms with Crippen LogP contribution in [0.25, 0.3) is 10.9 Å². The molecule has 0 fully saturated rings. The van der Waals surface area contributed by atoms with Crippen molar-refractivity contribution in [2.24, 2.45) is 0 Å². The van der Waals surface area contributed by atoms with Crippen LogP contribution in [0.1, 0.15) is 18.1 Å². The van der Waals surface area contributed by atoms with Crippen molar-refractivity contribution in [2.45, 2.75) is 18.6 Å². The average Bonchev–Trinajstić information content (AvgIpc) is 2.76. The molecule has 0 saturated heterocycles. The molecule has 0 amide bonds. The van der Waals surface area contributed by atoms with Crippen molar-refractivity contribution in [3.05, 3.63) is 30.0 Å². The first-order valence-electron chi connectivity index (χ1n) is 5.13. The third-order valence-electron chi connectivity index (χ3n) is 2.62. The zero-order chi connectivity index (χ0) is 11.5. The van der Waals surface area contributed by atoms with E-state index in [1.54, 1.807) is 18.3 Å². The molecule has 0 bridgehead atoms. The normalized spacial score (nSPS) is 15.2. The van der Waals surface area contributed by atoms with Gasteiger partial charge in [0.25, 0.3) is 0 Å². The second kappa shape index (κ2) is 4.61. The molecule has 2 unspecified atom stereocenters. The topological polar surface area (TPSA) is 89.4 Å². The summed E-state index contributed by atoms with van der Waals surface area (Å²) in [6, 6.07) is 5.39. The fourth-order valence-corrected chi connectivity index (χ4v) is 1.74. The Kier molecular flexibility index (Phi) is 3.19. The number of aromatic amines is 1. The number of fused-ring (bicyclic) bond motifs is 1. The van der Waals surface area contributed by atoms with E-state index in [0.29, 0.717) is 11.1 Å². The summed E-state index contributed by atoms with van der Waals surface area (Å²) in [5.74, 6) is 0. The van der Waals surface area contributed by atoms with Crippen molar-refractivity contribution in [2.75, 3.05) is 6.61 Å². The van der Waals surface area contributed by atoms with Crippen LogP contribution in [0.2, 0.25) is 0 Å². The summed E-state index contributed by atoms with van der Waals surface area (Å²) in [7, 11) is 0. The Labute approximate surface area is 92.4 Å². The van der Waals surface area contributed by atoms with E-state index in [1.807, 2.05) is 6.07 Å². The number of hydrogen-bond donors (Lipinski definition) is 4. The second-order valence-corrected chi connectivity index (χ2v) is 3.71. The third kappa shape index (κ3) is 1.92. The minimum absolute atomic E-state index is 0.145. The maximum absolute atomic E-state index is 9.93. The van der Waals surface area contributed by atoms with E-state index in [2.05, 4.69) is 10.2 Å². The van der Waals surface area contributed by atoms with E-state index >= 15 is 0 Å². The lowest BCUT2D eigenvalue weighted by Gasteiger charge is -2.17. The average molecular weight is 222 g/mol. The van der Waals surface area contributed by atoms with Crippen LogP contribution in [0.15, 0.2) is 24.4 Å². The molecule has 0 aliphatic heterocycles. The lowest BCUT2D eigenvalue weighted by atomic mass is 10.0. The minimum Gasteiger partial charge on any atom is -0.396 e.